The maximum absolute atomic E-state index is 13.8. The largest absolute Gasteiger partial charge is 0.384 e. The number of carbonyl (C=O) groups is 3. The van der Waals surface area contributed by atoms with E-state index < -0.39 is 52.0 Å². The summed E-state index contributed by atoms with van der Waals surface area (Å²) >= 11 is 1.29. The molecule has 1 unspecified atom stereocenters. The molecule has 1 aromatic heterocycles. The van der Waals surface area contributed by atoms with Gasteiger partial charge in [-0.05, 0) is 37.0 Å². The van der Waals surface area contributed by atoms with Gasteiger partial charge in [-0.2, -0.15) is 0 Å². The van der Waals surface area contributed by atoms with E-state index in [-0.39, 0.29) is 38.2 Å². The summed E-state index contributed by atoms with van der Waals surface area (Å²) in [5.74, 6) is -2.24. The summed E-state index contributed by atoms with van der Waals surface area (Å²) in [7, 11) is -3.85. The van der Waals surface area contributed by atoms with Gasteiger partial charge in [-0.3, -0.25) is 19.4 Å². The number of benzene rings is 2. The number of aromatic nitrogens is 1. The van der Waals surface area contributed by atoms with E-state index in [2.05, 4.69) is 25.3 Å². The molecule has 0 fully saturated rings. The summed E-state index contributed by atoms with van der Waals surface area (Å²) < 4.78 is 26.9. The van der Waals surface area contributed by atoms with Gasteiger partial charge in [0.15, 0.2) is 5.96 Å². The number of amides is 3. The van der Waals surface area contributed by atoms with Crippen LogP contribution in [0.4, 0.5) is 0 Å². The number of nitrogens with one attached hydrogen (secondary N) is 3. The molecule has 1 heterocycles. The van der Waals surface area contributed by atoms with Gasteiger partial charge in [-0.15, -0.1) is 11.3 Å². The Kier molecular flexibility index (Phi) is 12.6. The lowest BCUT2D eigenvalue weighted by Crippen LogP contribution is -2.56. The van der Waals surface area contributed by atoms with E-state index in [4.69, 9.17) is 17.2 Å². The third kappa shape index (κ3) is 11.2. The average Bonchev–Trinajstić information content (AvgIpc) is 3.40. The molecule has 238 valence electrons. The van der Waals surface area contributed by atoms with Crippen molar-refractivity contribution < 1.29 is 27.9 Å². The molecule has 16 heteroatoms. The number of nitrogens with zero attached hydrogens (tertiary/aromatic N) is 2. The Hall–Kier alpha value is -4.12. The molecule has 0 aliphatic heterocycles. The fraction of sp³-hybridized carbons (Fsp3) is 0.393. The fourth-order valence-electron chi connectivity index (χ4n) is 4.42. The highest BCUT2D eigenvalue weighted by atomic mass is 32.2. The van der Waals surface area contributed by atoms with E-state index in [0.29, 0.717) is 22.5 Å². The smallest absolute Gasteiger partial charge is 0.243 e. The normalized spacial score (nSPS) is 14.2. The molecular weight excluding hydrogens is 608 g/mol. The van der Waals surface area contributed by atoms with Crippen LogP contribution in [0.5, 0.6) is 0 Å². The van der Waals surface area contributed by atoms with E-state index in [9.17, 15) is 27.9 Å². The SMILES string of the molecule is CS(=O)(=O)N[C@@H](CCC(N)=O)C(=O)N[C@H](Cc1ccccc1)C(=O)N[C@H](CCCN=C(N)N)C(O)c1nc2ccccc2s1. The minimum absolute atomic E-state index is 0.0534. The van der Waals surface area contributed by atoms with Crippen LogP contribution >= 0.6 is 11.3 Å². The molecule has 0 saturated carbocycles. The Morgan fingerprint density at radius 2 is 1.61 bits per heavy atom. The number of hydrogen-bond donors (Lipinski definition) is 7. The first-order valence-corrected chi connectivity index (χ1v) is 16.5. The molecule has 0 radical (unpaired) electrons. The van der Waals surface area contributed by atoms with Crippen LogP contribution in [-0.4, -0.2) is 73.1 Å². The molecule has 0 spiro atoms. The zero-order valence-electron chi connectivity index (χ0n) is 24.2. The number of aliphatic hydroxyl groups excluding tert-OH is 1. The van der Waals surface area contributed by atoms with Crippen molar-refractivity contribution in [1.29, 1.82) is 0 Å². The first kappa shape index (κ1) is 34.4. The highest BCUT2D eigenvalue weighted by Gasteiger charge is 2.31. The van der Waals surface area contributed by atoms with Crippen LogP contribution in [-0.2, 0) is 30.8 Å². The Bertz CT molecular complexity index is 1530. The van der Waals surface area contributed by atoms with Crippen molar-refractivity contribution in [3.8, 4) is 0 Å². The van der Waals surface area contributed by atoms with Gasteiger partial charge in [0.05, 0.1) is 22.5 Å². The number of rotatable bonds is 17. The van der Waals surface area contributed by atoms with Crippen LogP contribution in [0.1, 0.15) is 42.4 Å². The number of nitrogens with two attached hydrogens (primary N) is 3. The van der Waals surface area contributed by atoms with Gasteiger partial charge in [-0.25, -0.2) is 18.1 Å². The Morgan fingerprint density at radius 1 is 0.955 bits per heavy atom. The lowest BCUT2D eigenvalue weighted by atomic mass is 10.0. The number of carbonyl (C=O) groups excluding carboxylic acids is 3. The average molecular weight is 647 g/mol. The zero-order valence-corrected chi connectivity index (χ0v) is 25.8. The first-order chi connectivity index (χ1) is 20.8. The number of aliphatic imine (C=N–C) groups is 1. The number of aliphatic hydroxyl groups is 1. The van der Waals surface area contributed by atoms with Crippen molar-refractivity contribution in [3.05, 3.63) is 65.2 Å². The second-order valence-corrected chi connectivity index (χ2v) is 13.1. The molecule has 0 aliphatic carbocycles. The number of sulfonamides is 1. The number of primary amides is 1. The van der Waals surface area contributed by atoms with Crippen molar-refractivity contribution in [2.45, 2.75) is 56.3 Å². The number of hydrogen-bond acceptors (Lipinski definition) is 9. The number of guanidine groups is 1. The Balaban J connectivity index is 1.88. The molecule has 14 nitrogen and oxygen atoms in total. The van der Waals surface area contributed by atoms with Gasteiger partial charge in [0.1, 0.15) is 23.2 Å². The lowest BCUT2D eigenvalue weighted by Gasteiger charge is -2.27. The van der Waals surface area contributed by atoms with Gasteiger partial charge in [-0.1, -0.05) is 42.5 Å². The van der Waals surface area contributed by atoms with Gasteiger partial charge >= 0.3 is 0 Å². The summed E-state index contributed by atoms with van der Waals surface area (Å²) in [5, 5.41) is 17.2. The monoisotopic (exact) mass is 646 g/mol. The van der Waals surface area contributed by atoms with E-state index in [0.717, 1.165) is 11.0 Å². The molecule has 3 amide bonds. The van der Waals surface area contributed by atoms with Gasteiger partial charge < -0.3 is 32.9 Å². The van der Waals surface area contributed by atoms with E-state index in [1.54, 1.807) is 30.3 Å². The first-order valence-electron chi connectivity index (χ1n) is 13.8. The maximum Gasteiger partial charge on any atom is 0.243 e. The summed E-state index contributed by atoms with van der Waals surface area (Å²) in [4.78, 5) is 46.9. The number of thiazole rings is 1. The zero-order chi connectivity index (χ0) is 32.3. The predicted octanol–water partition coefficient (Wildman–Crippen LogP) is -0.221. The van der Waals surface area contributed by atoms with Crippen LogP contribution in [0.15, 0.2) is 59.6 Å². The summed E-state index contributed by atoms with van der Waals surface area (Å²) in [6.45, 7) is 0.254. The van der Waals surface area contributed by atoms with Gasteiger partial charge in [0.25, 0.3) is 0 Å². The van der Waals surface area contributed by atoms with E-state index >= 15 is 0 Å². The Morgan fingerprint density at radius 3 is 2.25 bits per heavy atom. The topological polar surface area (TPSA) is 245 Å². The van der Waals surface area contributed by atoms with Crippen molar-refractivity contribution in [2.24, 2.45) is 22.2 Å². The summed E-state index contributed by atoms with van der Waals surface area (Å²) in [5.41, 5.74) is 17.5. The van der Waals surface area contributed by atoms with Gasteiger partial charge in [0.2, 0.25) is 27.7 Å². The highest BCUT2D eigenvalue weighted by molar-refractivity contribution is 7.88. The van der Waals surface area contributed by atoms with Crippen LogP contribution in [0.2, 0.25) is 0 Å². The predicted molar refractivity (Wildman–Crippen MR) is 169 cm³/mol. The molecular formula is C28H38N8O6S2. The van der Waals surface area contributed by atoms with Gasteiger partial charge in [0, 0.05) is 19.4 Å². The van der Waals surface area contributed by atoms with Crippen LogP contribution in [0.3, 0.4) is 0 Å². The highest BCUT2D eigenvalue weighted by Crippen LogP contribution is 2.29. The second-order valence-electron chi connectivity index (χ2n) is 10.2. The minimum atomic E-state index is -3.85. The second kappa shape index (κ2) is 16.1. The van der Waals surface area contributed by atoms with Crippen molar-refractivity contribution in [3.63, 3.8) is 0 Å². The van der Waals surface area contributed by atoms with E-state index in [1.165, 1.54) is 11.3 Å². The summed E-state index contributed by atoms with van der Waals surface area (Å²) in [6.07, 6.45) is -0.0602. The standard InChI is InChI=1S/C28H38N8O6S2/c1-44(41,42)36-20(13-14-23(29)37)25(39)34-21(16-17-8-3-2-4-9-17)26(40)33-19(11-7-15-32-28(30)31)24(38)27-35-18-10-5-6-12-22(18)43-27/h2-6,8-10,12,19-21,24,36,38H,7,11,13-16H2,1H3,(H2,29,37)(H,33,40)(H,34,39)(H4,30,31,32)/t19-,20+,21-,24?/m1/s1. The third-order valence-electron chi connectivity index (χ3n) is 6.51. The summed E-state index contributed by atoms with van der Waals surface area (Å²) in [6, 6.07) is 12.9. The fourth-order valence-corrected chi connectivity index (χ4v) is 6.18. The van der Waals surface area contributed by atoms with Crippen molar-refractivity contribution in [1.82, 2.24) is 20.3 Å². The van der Waals surface area contributed by atoms with Crippen molar-refractivity contribution >= 4 is 55.3 Å². The van der Waals surface area contributed by atoms with Crippen LogP contribution in [0.25, 0.3) is 10.2 Å². The van der Waals surface area contributed by atoms with E-state index in [1.807, 2.05) is 24.3 Å². The molecule has 3 rings (SSSR count). The molecule has 0 saturated heterocycles. The minimum Gasteiger partial charge on any atom is -0.384 e. The molecule has 44 heavy (non-hydrogen) atoms. The van der Waals surface area contributed by atoms with Crippen molar-refractivity contribution in [2.75, 3.05) is 12.8 Å². The molecule has 2 aromatic carbocycles. The van der Waals surface area contributed by atoms with Crippen LogP contribution < -0.4 is 32.6 Å². The number of para-hydroxylation sites is 1. The Labute approximate surface area is 259 Å². The maximum atomic E-state index is 13.8. The third-order valence-corrected chi connectivity index (χ3v) is 8.33. The molecule has 0 aliphatic rings. The molecule has 10 N–H and O–H groups in total. The molecule has 4 atom stereocenters. The molecule has 0 bridgehead atoms. The number of fused-ring (bicyclic) bond motifs is 1. The quantitative estimate of drug-likeness (QED) is 0.0581. The van der Waals surface area contributed by atoms with Crippen LogP contribution in [0, 0.1) is 0 Å². The molecule has 3 aromatic rings. The lowest BCUT2D eigenvalue weighted by molar-refractivity contribution is -0.131.